The first kappa shape index (κ1) is 8.39. The van der Waals surface area contributed by atoms with E-state index in [0.717, 1.165) is 19.4 Å². The monoisotopic (exact) mass is 132 g/mol. The fourth-order valence-corrected chi connectivity index (χ4v) is 0.895. The Morgan fingerprint density at radius 3 is 2.56 bits per heavy atom. The van der Waals surface area contributed by atoms with E-state index in [2.05, 4.69) is 5.32 Å². The second-order valence-electron chi connectivity index (χ2n) is 1.99. The molecular formula is C5H12N2O2. The Morgan fingerprint density at radius 1 is 1.67 bits per heavy atom. The summed E-state index contributed by atoms with van der Waals surface area (Å²) in [6, 6.07) is -0.269. The fraction of sp³-hybridized carbons (Fsp3) is 0.800. The lowest BCUT2D eigenvalue weighted by Gasteiger charge is -1.99. The minimum atomic E-state index is -0.720. The van der Waals surface area contributed by atoms with Crippen molar-refractivity contribution in [2.75, 3.05) is 6.54 Å². The highest BCUT2D eigenvalue weighted by atomic mass is 16.4. The molecule has 0 bridgehead atoms. The second kappa shape index (κ2) is 3.42. The van der Waals surface area contributed by atoms with E-state index >= 15 is 0 Å². The van der Waals surface area contributed by atoms with E-state index in [1.165, 1.54) is 0 Å². The summed E-state index contributed by atoms with van der Waals surface area (Å²) < 4.78 is 0. The van der Waals surface area contributed by atoms with Gasteiger partial charge >= 0.3 is 5.97 Å². The van der Waals surface area contributed by atoms with E-state index in [1.807, 2.05) is 0 Å². The summed E-state index contributed by atoms with van der Waals surface area (Å²) in [5, 5.41) is 11.2. The van der Waals surface area contributed by atoms with Gasteiger partial charge in [0.25, 0.3) is 0 Å². The molecule has 0 aromatic carbocycles. The maximum atomic E-state index is 10.1. The van der Waals surface area contributed by atoms with E-state index in [9.17, 15) is 4.79 Å². The lowest BCUT2D eigenvalue weighted by molar-refractivity contribution is -0.139. The molecule has 0 aromatic heterocycles. The molecule has 0 aliphatic carbocycles. The summed E-state index contributed by atoms with van der Waals surface area (Å²) >= 11 is 0. The normalized spacial score (nSPS) is 25.1. The summed E-state index contributed by atoms with van der Waals surface area (Å²) in [5.41, 5.74) is 0. The van der Waals surface area contributed by atoms with Gasteiger partial charge in [0.15, 0.2) is 0 Å². The average molecular weight is 132 g/mol. The van der Waals surface area contributed by atoms with Crippen molar-refractivity contribution in [3.05, 3.63) is 0 Å². The Labute approximate surface area is 53.8 Å². The highest BCUT2D eigenvalue weighted by Gasteiger charge is 2.20. The van der Waals surface area contributed by atoms with Crippen LogP contribution in [-0.2, 0) is 4.79 Å². The largest absolute Gasteiger partial charge is 0.480 e. The predicted octanol–water partition coefficient (Wildman–Crippen LogP) is -0.0150. The Morgan fingerprint density at radius 2 is 2.33 bits per heavy atom. The smallest absolute Gasteiger partial charge is 0.320 e. The van der Waals surface area contributed by atoms with Crippen LogP contribution in [0.15, 0.2) is 0 Å². The number of aliphatic carboxylic acids is 1. The third kappa shape index (κ3) is 1.99. The Kier molecular flexibility index (Phi) is 3.19. The van der Waals surface area contributed by atoms with Crippen molar-refractivity contribution in [1.29, 1.82) is 0 Å². The summed E-state index contributed by atoms with van der Waals surface area (Å²) in [6.07, 6.45) is 1.78. The fourth-order valence-electron chi connectivity index (χ4n) is 0.895. The zero-order valence-electron chi connectivity index (χ0n) is 5.26. The highest BCUT2D eigenvalue weighted by Crippen LogP contribution is 2.03. The SMILES string of the molecule is N.O=C(O)[C@H]1CCCN1. The molecule has 1 fully saturated rings. The molecule has 1 aliphatic heterocycles. The van der Waals surface area contributed by atoms with Crippen LogP contribution in [0.3, 0.4) is 0 Å². The third-order valence-corrected chi connectivity index (χ3v) is 1.36. The highest BCUT2D eigenvalue weighted by molar-refractivity contribution is 5.73. The standard InChI is InChI=1S/C5H9NO2.H3N/c7-5(8)4-2-1-3-6-4;/h4,6H,1-3H2,(H,7,8);1H3/t4-;/m1./s1. The molecule has 1 atom stereocenters. The van der Waals surface area contributed by atoms with Crippen molar-refractivity contribution in [3.8, 4) is 0 Å². The predicted molar refractivity (Wildman–Crippen MR) is 33.7 cm³/mol. The van der Waals surface area contributed by atoms with E-state index in [1.54, 1.807) is 0 Å². The van der Waals surface area contributed by atoms with Gasteiger partial charge in [0.1, 0.15) is 6.04 Å². The summed E-state index contributed by atoms with van der Waals surface area (Å²) in [6.45, 7) is 0.858. The zero-order valence-corrected chi connectivity index (χ0v) is 5.26. The quantitative estimate of drug-likeness (QED) is 0.468. The van der Waals surface area contributed by atoms with Crippen LogP contribution in [0.25, 0.3) is 0 Å². The van der Waals surface area contributed by atoms with Gasteiger partial charge in [-0.15, -0.1) is 0 Å². The van der Waals surface area contributed by atoms with Gasteiger partial charge in [0, 0.05) is 0 Å². The van der Waals surface area contributed by atoms with Crippen LogP contribution < -0.4 is 11.5 Å². The number of carbonyl (C=O) groups is 1. The first-order chi connectivity index (χ1) is 3.80. The van der Waals surface area contributed by atoms with Gasteiger partial charge in [-0.25, -0.2) is 0 Å². The van der Waals surface area contributed by atoms with Crippen molar-refractivity contribution >= 4 is 5.97 Å². The molecule has 1 aliphatic rings. The van der Waals surface area contributed by atoms with Crippen molar-refractivity contribution in [3.63, 3.8) is 0 Å². The van der Waals surface area contributed by atoms with Gasteiger partial charge in [-0.05, 0) is 19.4 Å². The minimum absolute atomic E-state index is 0. The molecule has 1 heterocycles. The first-order valence-electron chi connectivity index (χ1n) is 2.77. The van der Waals surface area contributed by atoms with Gasteiger partial charge in [-0.2, -0.15) is 0 Å². The molecule has 1 rings (SSSR count). The number of carboxylic acids is 1. The second-order valence-corrected chi connectivity index (χ2v) is 1.99. The summed E-state index contributed by atoms with van der Waals surface area (Å²) in [5.74, 6) is -0.720. The molecule has 0 spiro atoms. The van der Waals surface area contributed by atoms with Crippen LogP contribution in [-0.4, -0.2) is 23.7 Å². The topological polar surface area (TPSA) is 84.3 Å². The number of carboxylic acid groups (broad SMARTS) is 1. The molecule has 4 nitrogen and oxygen atoms in total. The molecule has 0 saturated carbocycles. The van der Waals surface area contributed by atoms with E-state index in [4.69, 9.17) is 5.11 Å². The van der Waals surface area contributed by atoms with Crippen LogP contribution in [0.4, 0.5) is 0 Å². The number of nitrogens with one attached hydrogen (secondary N) is 1. The molecule has 4 heteroatoms. The van der Waals surface area contributed by atoms with Gasteiger partial charge in [0.05, 0.1) is 0 Å². The van der Waals surface area contributed by atoms with Crippen LogP contribution >= 0.6 is 0 Å². The van der Waals surface area contributed by atoms with Crippen LogP contribution in [0.2, 0.25) is 0 Å². The maximum Gasteiger partial charge on any atom is 0.320 e. The van der Waals surface area contributed by atoms with Gasteiger partial charge in [-0.1, -0.05) is 0 Å². The molecule has 0 amide bonds. The van der Waals surface area contributed by atoms with Crippen LogP contribution in [0.1, 0.15) is 12.8 Å². The molecule has 0 aromatic rings. The minimum Gasteiger partial charge on any atom is -0.480 e. The van der Waals surface area contributed by atoms with E-state index in [0.29, 0.717) is 0 Å². The third-order valence-electron chi connectivity index (χ3n) is 1.36. The lowest BCUT2D eigenvalue weighted by Crippen LogP contribution is -2.29. The van der Waals surface area contributed by atoms with E-state index < -0.39 is 5.97 Å². The Bertz CT molecular complexity index is 99.1. The van der Waals surface area contributed by atoms with E-state index in [-0.39, 0.29) is 12.2 Å². The van der Waals surface area contributed by atoms with Crippen molar-refractivity contribution in [1.82, 2.24) is 11.5 Å². The van der Waals surface area contributed by atoms with Gasteiger partial charge in [-0.3, -0.25) is 4.79 Å². The van der Waals surface area contributed by atoms with Crippen molar-refractivity contribution in [2.45, 2.75) is 18.9 Å². The zero-order chi connectivity index (χ0) is 5.98. The summed E-state index contributed by atoms with van der Waals surface area (Å²) in [4.78, 5) is 10.1. The number of rotatable bonds is 1. The van der Waals surface area contributed by atoms with Crippen LogP contribution in [0.5, 0.6) is 0 Å². The van der Waals surface area contributed by atoms with Gasteiger partial charge in [0.2, 0.25) is 0 Å². The van der Waals surface area contributed by atoms with Crippen molar-refractivity contribution in [2.24, 2.45) is 0 Å². The lowest BCUT2D eigenvalue weighted by atomic mass is 10.2. The Hall–Kier alpha value is -0.610. The van der Waals surface area contributed by atoms with Crippen LogP contribution in [0, 0.1) is 0 Å². The average Bonchev–Trinajstić information content (AvgIpc) is 2.12. The maximum absolute atomic E-state index is 10.1. The first-order valence-corrected chi connectivity index (χ1v) is 2.77. The summed E-state index contributed by atoms with van der Waals surface area (Å²) in [7, 11) is 0. The number of hydrogen-bond acceptors (Lipinski definition) is 3. The Balaban J connectivity index is 0.000000640. The number of hydrogen-bond donors (Lipinski definition) is 3. The molecule has 9 heavy (non-hydrogen) atoms. The molecule has 5 N–H and O–H groups in total. The van der Waals surface area contributed by atoms with Gasteiger partial charge < -0.3 is 16.6 Å². The van der Waals surface area contributed by atoms with Crippen molar-refractivity contribution < 1.29 is 9.90 Å². The molecular weight excluding hydrogens is 120 g/mol. The molecule has 54 valence electrons. The molecule has 0 unspecified atom stereocenters. The molecule has 0 radical (unpaired) electrons. The molecule has 1 saturated heterocycles.